The van der Waals surface area contributed by atoms with Crippen molar-refractivity contribution in [2.45, 2.75) is 12.8 Å². The van der Waals surface area contributed by atoms with Crippen LogP contribution in [0.3, 0.4) is 0 Å². The van der Waals surface area contributed by atoms with Gasteiger partial charge in [0, 0.05) is 11.6 Å². The lowest BCUT2D eigenvalue weighted by atomic mass is 9.82. The zero-order valence-corrected chi connectivity index (χ0v) is 14.3. The molecule has 3 aromatic rings. The van der Waals surface area contributed by atoms with E-state index in [1.807, 2.05) is 30.3 Å². The standard InChI is InChI=1S/C20H14F2N4O/c1-11-17-18(14-8-7-12(21)9-16(14)22)15(10-23)19(24)26(20(17)27-25-11)13-5-3-2-4-6-13/h2-9,18H,24H2,1H3. The molecule has 0 bridgehead atoms. The van der Waals surface area contributed by atoms with Crippen LogP contribution in [0.25, 0.3) is 0 Å². The van der Waals surface area contributed by atoms with Crippen molar-refractivity contribution in [3.63, 3.8) is 0 Å². The van der Waals surface area contributed by atoms with Crippen molar-refractivity contribution in [1.29, 1.82) is 5.26 Å². The molecule has 0 radical (unpaired) electrons. The highest BCUT2D eigenvalue weighted by atomic mass is 19.1. The van der Waals surface area contributed by atoms with Gasteiger partial charge in [0.25, 0.3) is 0 Å². The van der Waals surface area contributed by atoms with E-state index in [4.69, 9.17) is 10.3 Å². The zero-order valence-electron chi connectivity index (χ0n) is 14.3. The summed E-state index contributed by atoms with van der Waals surface area (Å²) in [4.78, 5) is 1.58. The SMILES string of the molecule is Cc1noc2c1C(c1ccc(F)cc1F)C(C#N)=C(N)N2c1ccccc1. The maximum atomic E-state index is 14.5. The first kappa shape index (κ1) is 16.8. The van der Waals surface area contributed by atoms with Crippen LogP contribution in [-0.4, -0.2) is 5.16 Å². The van der Waals surface area contributed by atoms with Crippen molar-refractivity contribution in [1.82, 2.24) is 5.16 Å². The van der Waals surface area contributed by atoms with Crippen molar-refractivity contribution >= 4 is 11.6 Å². The zero-order chi connectivity index (χ0) is 19.1. The van der Waals surface area contributed by atoms with Crippen molar-refractivity contribution in [2.24, 2.45) is 5.73 Å². The molecule has 2 aromatic carbocycles. The predicted molar refractivity (Wildman–Crippen MR) is 94.8 cm³/mol. The van der Waals surface area contributed by atoms with Crippen LogP contribution in [0.4, 0.5) is 20.4 Å². The Morgan fingerprint density at radius 3 is 2.59 bits per heavy atom. The number of aryl methyl sites for hydroxylation is 1. The lowest BCUT2D eigenvalue weighted by Gasteiger charge is -2.32. The van der Waals surface area contributed by atoms with Crippen LogP contribution in [0.1, 0.15) is 22.7 Å². The normalized spacial score (nSPS) is 16.2. The molecule has 0 spiro atoms. The molecule has 0 fully saturated rings. The van der Waals surface area contributed by atoms with Gasteiger partial charge in [0.1, 0.15) is 17.5 Å². The summed E-state index contributed by atoms with van der Waals surface area (Å²) in [6, 6.07) is 14.4. The number of hydrogen-bond donors (Lipinski definition) is 1. The maximum Gasteiger partial charge on any atom is 0.241 e. The van der Waals surface area contributed by atoms with E-state index in [-0.39, 0.29) is 17.0 Å². The van der Waals surface area contributed by atoms with Crippen LogP contribution in [0.15, 0.2) is 64.4 Å². The summed E-state index contributed by atoms with van der Waals surface area (Å²) in [5.41, 5.74) is 8.28. The Bertz CT molecular complexity index is 1100. The first-order valence-corrected chi connectivity index (χ1v) is 8.19. The molecule has 1 aliphatic heterocycles. The number of anilines is 2. The van der Waals surface area contributed by atoms with E-state index in [1.54, 1.807) is 11.8 Å². The number of hydrogen-bond acceptors (Lipinski definition) is 5. The predicted octanol–water partition coefficient (Wildman–Crippen LogP) is 4.24. The second kappa shape index (κ2) is 6.25. The third-order valence-corrected chi connectivity index (χ3v) is 4.59. The number of aromatic nitrogens is 1. The van der Waals surface area contributed by atoms with Gasteiger partial charge in [-0.15, -0.1) is 0 Å². The first-order valence-electron chi connectivity index (χ1n) is 8.19. The number of fused-ring (bicyclic) bond motifs is 1. The topological polar surface area (TPSA) is 79.1 Å². The highest BCUT2D eigenvalue weighted by molar-refractivity contribution is 5.74. The number of halogens is 2. The van der Waals surface area contributed by atoms with Crippen molar-refractivity contribution in [3.05, 3.63) is 88.4 Å². The smallest absolute Gasteiger partial charge is 0.241 e. The third kappa shape index (κ3) is 2.54. The quantitative estimate of drug-likeness (QED) is 0.736. The third-order valence-electron chi connectivity index (χ3n) is 4.59. The largest absolute Gasteiger partial charge is 0.384 e. The van der Waals surface area contributed by atoms with Gasteiger partial charge in [-0.2, -0.15) is 5.26 Å². The van der Waals surface area contributed by atoms with E-state index < -0.39 is 17.6 Å². The van der Waals surface area contributed by atoms with Crippen LogP contribution in [0.5, 0.6) is 0 Å². The van der Waals surface area contributed by atoms with Crippen molar-refractivity contribution in [3.8, 4) is 6.07 Å². The number of rotatable bonds is 2. The molecule has 5 nitrogen and oxygen atoms in total. The van der Waals surface area contributed by atoms with Gasteiger partial charge in [0.2, 0.25) is 5.88 Å². The average molecular weight is 364 g/mol. The first-order chi connectivity index (χ1) is 13.0. The number of benzene rings is 2. The van der Waals surface area contributed by atoms with E-state index in [0.717, 1.165) is 12.1 Å². The summed E-state index contributed by atoms with van der Waals surface area (Å²) in [6.45, 7) is 1.70. The Labute approximate surface area is 153 Å². The minimum Gasteiger partial charge on any atom is -0.384 e. The number of nitrogens with zero attached hydrogens (tertiary/aromatic N) is 3. The number of nitrogens with two attached hydrogens (primary N) is 1. The molecule has 1 atom stereocenters. The molecule has 27 heavy (non-hydrogen) atoms. The van der Waals surface area contributed by atoms with Gasteiger partial charge in [-0.3, -0.25) is 4.90 Å². The van der Waals surface area contributed by atoms with Crippen molar-refractivity contribution in [2.75, 3.05) is 4.90 Å². The van der Waals surface area contributed by atoms with Crippen molar-refractivity contribution < 1.29 is 13.3 Å². The van der Waals surface area contributed by atoms with E-state index in [9.17, 15) is 14.0 Å². The lowest BCUT2D eigenvalue weighted by molar-refractivity contribution is 0.420. The lowest BCUT2D eigenvalue weighted by Crippen LogP contribution is -2.31. The van der Waals surface area contributed by atoms with E-state index in [2.05, 4.69) is 11.2 Å². The molecule has 7 heteroatoms. The molecule has 1 unspecified atom stereocenters. The molecule has 1 aliphatic rings. The highest BCUT2D eigenvalue weighted by Gasteiger charge is 2.39. The average Bonchev–Trinajstić information content (AvgIpc) is 3.03. The van der Waals surface area contributed by atoms with Crippen LogP contribution in [-0.2, 0) is 0 Å². The van der Waals surface area contributed by atoms with Crippen LogP contribution in [0.2, 0.25) is 0 Å². The van der Waals surface area contributed by atoms with E-state index in [0.29, 0.717) is 22.8 Å². The molecule has 4 rings (SSSR count). The summed E-state index contributed by atoms with van der Waals surface area (Å²) in [5, 5.41) is 13.8. The Kier molecular flexibility index (Phi) is 3.89. The van der Waals surface area contributed by atoms with E-state index in [1.165, 1.54) is 6.07 Å². The van der Waals surface area contributed by atoms with Gasteiger partial charge in [-0.05, 0) is 25.1 Å². The Hall–Kier alpha value is -3.66. The minimum absolute atomic E-state index is 0.112. The molecule has 2 N–H and O–H groups in total. The van der Waals surface area contributed by atoms with Gasteiger partial charge in [0.15, 0.2) is 0 Å². The fourth-order valence-corrected chi connectivity index (χ4v) is 3.38. The Morgan fingerprint density at radius 2 is 1.93 bits per heavy atom. The minimum atomic E-state index is -0.836. The second-order valence-electron chi connectivity index (χ2n) is 6.17. The van der Waals surface area contributed by atoms with Crippen LogP contribution < -0.4 is 10.6 Å². The molecule has 1 aromatic heterocycles. The molecule has 2 heterocycles. The number of nitriles is 1. The number of allylic oxidation sites excluding steroid dienone is 1. The van der Waals surface area contributed by atoms with Gasteiger partial charge >= 0.3 is 0 Å². The summed E-state index contributed by atoms with van der Waals surface area (Å²) in [6.07, 6.45) is 0. The fraction of sp³-hybridized carbons (Fsp3) is 0.100. The second-order valence-corrected chi connectivity index (χ2v) is 6.17. The molecule has 0 saturated heterocycles. The molecule has 0 amide bonds. The summed E-state index contributed by atoms with van der Waals surface area (Å²) < 4.78 is 33.4. The van der Waals surface area contributed by atoms with Crippen LogP contribution >= 0.6 is 0 Å². The highest BCUT2D eigenvalue weighted by Crippen LogP contribution is 2.48. The Balaban J connectivity index is 2.00. The summed E-state index contributed by atoms with van der Waals surface area (Å²) in [7, 11) is 0. The summed E-state index contributed by atoms with van der Waals surface area (Å²) >= 11 is 0. The van der Waals surface area contributed by atoms with Gasteiger partial charge in [-0.25, -0.2) is 8.78 Å². The maximum absolute atomic E-state index is 14.5. The molecule has 0 saturated carbocycles. The molecular formula is C20H14F2N4O. The number of para-hydroxylation sites is 1. The van der Waals surface area contributed by atoms with Gasteiger partial charge < -0.3 is 10.3 Å². The Morgan fingerprint density at radius 1 is 1.19 bits per heavy atom. The van der Waals surface area contributed by atoms with Crippen LogP contribution in [0, 0.1) is 29.9 Å². The van der Waals surface area contributed by atoms with Gasteiger partial charge in [0.05, 0.1) is 34.5 Å². The fourth-order valence-electron chi connectivity index (χ4n) is 3.38. The van der Waals surface area contributed by atoms with Gasteiger partial charge in [-0.1, -0.05) is 29.4 Å². The molecule has 134 valence electrons. The summed E-state index contributed by atoms with van der Waals surface area (Å²) in [5.74, 6) is -1.88. The van der Waals surface area contributed by atoms with E-state index >= 15 is 0 Å². The molecule has 0 aliphatic carbocycles. The monoisotopic (exact) mass is 364 g/mol. The molecular weight excluding hydrogens is 350 g/mol.